The number of hydrogen-bond donors (Lipinski definition) is 4. The maximum atomic E-state index is 11.9. The van der Waals surface area contributed by atoms with Crippen LogP contribution in [0.25, 0.3) is 0 Å². The molecule has 9 heteroatoms. The van der Waals surface area contributed by atoms with Crippen molar-refractivity contribution in [1.29, 1.82) is 0 Å². The average Bonchev–Trinajstić information content (AvgIpc) is 2.97. The van der Waals surface area contributed by atoms with Crippen LogP contribution in [0.15, 0.2) is 29.3 Å². The van der Waals surface area contributed by atoms with E-state index in [9.17, 15) is 14.4 Å². The Morgan fingerprint density at radius 2 is 2.07 bits per heavy atom. The summed E-state index contributed by atoms with van der Waals surface area (Å²) in [7, 11) is 0. The fraction of sp³-hybridized carbons (Fsp3) is 0.444. The zero-order chi connectivity index (χ0) is 19.2. The van der Waals surface area contributed by atoms with Crippen molar-refractivity contribution in [2.45, 2.75) is 19.3 Å². The third-order valence-electron chi connectivity index (χ3n) is 4.49. The van der Waals surface area contributed by atoms with Crippen molar-refractivity contribution in [1.82, 2.24) is 20.9 Å². The molecule has 2 aliphatic rings. The summed E-state index contributed by atoms with van der Waals surface area (Å²) in [6.07, 6.45) is 0.391. The molecule has 0 bridgehead atoms. The Morgan fingerprint density at radius 3 is 2.81 bits per heavy atom. The Morgan fingerprint density at radius 1 is 1.26 bits per heavy atom. The predicted molar refractivity (Wildman–Crippen MR) is 102 cm³/mol. The first-order valence-electron chi connectivity index (χ1n) is 9.07. The Kier molecular flexibility index (Phi) is 5.90. The number of imide groups is 1. The fourth-order valence-corrected chi connectivity index (χ4v) is 3.18. The first kappa shape index (κ1) is 18.7. The Hall–Kier alpha value is -3.10. The van der Waals surface area contributed by atoms with Gasteiger partial charge >= 0.3 is 6.03 Å². The molecule has 1 unspecified atom stereocenters. The molecule has 1 aromatic rings. The molecule has 4 N–H and O–H groups in total. The van der Waals surface area contributed by atoms with Crippen molar-refractivity contribution in [3.05, 3.63) is 29.8 Å². The van der Waals surface area contributed by atoms with Gasteiger partial charge in [-0.1, -0.05) is 18.2 Å². The standard InChI is InChI=1S/C18H24N6O3/c1-2-19-17(20-7-8-24-16(26)11-22-18(24)27)21-10-12-9-15(25)23-14-6-4-3-5-13(12)14/h3-6,12H,2,7-11H2,1H3,(H,22,27)(H,23,25)(H2,19,20,21). The second-order valence-electron chi connectivity index (χ2n) is 6.39. The lowest BCUT2D eigenvalue weighted by molar-refractivity contribution is -0.125. The summed E-state index contributed by atoms with van der Waals surface area (Å²) >= 11 is 0. The van der Waals surface area contributed by atoms with Crippen LogP contribution in [-0.2, 0) is 9.59 Å². The number of amides is 4. The summed E-state index contributed by atoms with van der Waals surface area (Å²) in [5.74, 6) is 0.364. The molecule has 3 rings (SSSR count). The molecule has 9 nitrogen and oxygen atoms in total. The van der Waals surface area contributed by atoms with Crippen molar-refractivity contribution < 1.29 is 14.4 Å². The van der Waals surface area contributed by atoms with Gasteiger partial charge in [0.1, 0.15) is 0 Å². The van der Waals surface area contributed by atoms with Gasteiger partial charge in [0.15, 0.2) is 5.96 Å². The maximum Gasteiger partial charge on any atom is 0.324 e. The molecule has 0 aliphatic carbocycles. The van der Waals surface area contributed by atoms with Crippen LogP contribution in [-0.4, -0.2) is 61.4 Å². The molecular weight excluding hydrogens is 348 g/mol. The molecule has 4 amide bonds. The van der Waals surface area contributed by atoms with Crippen LogP contribution in [0.2, 0.25) is 0 Å². The van der Waals surface area contributed by atoms with Crippen molar-refractivity contribution in [3.63, 3.8) is 0 Å². The van der Waals surface area contributed by atoms with E-state index in [0.717, 1.165) is 11.3 Å². The van der Waals surface area contributed by atoms with E-state index in [0.29, 0.717) is 32.0 Å². The molecule has 1 aromatic carbocycles. The molecule has 144 valence electrons. The minimum atomic E-state index is -0.367. The zero-order valence-electron chi connectivity index (χ0n) is 15.2. The number of rotatable bonds is 6. The number of guanidine groups is 1. The fourth-order valence-electron chi connectivity index (χ4n) is 3.18. The average molecular weight is 372 g/mol. The SMILES string of the molecule is CCNC(=NCC1CC(=O)Nc2ccccc21)NCCN1C(=O)CNC1=O. The molecule has 27 heavy (non-hydrogen) atoms. The van der Waals surface area contributed by atoms with E-state index in [1.54, 1.807) is 0 Å². The number of carbonyl (C=O) groups excluding carboxylic acids is 3. The topological polar surface area (TPSA) is 115 Å². The molecule has 1 fully saturated rings. The van der Waals surface area contributed by atoms with Gasteiger partial charge in [-0.2, -0.15) is 0 Å². The van der Waals surface area contributed by atoms with Gasteiger partial charge in [-0.3, -0.25) is 19.5 Å². The van der Waals surface area contributed by atoms with Gasteiger partial charge in [0, 0.05) is 37.7 Å². The van der Waals surface area contributed by atoms with Crippen molar-refractivity contribution in [2.75, 3.05) is 38.0 Å². The monoisotopic (exact) mass is 372 g/mol. The first-order chi connectivity index (χ1) is 13.1. The second-order valence-corrected chi connectivity index (χ2v) is 6.39. The molecule has 1 saturated heterocycles. The lowest BCUT2D eigenvalue weighted by Gasteiger charge is -2.24. The summed E-state index contributed by atoms with van der Waals surface area (Å²) in [6, 6.07) is 7.38. The summed E-state index contributed by atoms with van der Waals surface area (Å²) in [5.41, 5.74) is 1.92. The van der Waals surface area contributed by atoms with Crippen molar-refractivity contribution in [2.24, 2.45) is 4.99 Å². The summed E-state index contributed by atoms with van der Waals surface area (Å²) in [6.45, 7) is 3.81. The number of benzene rings is 1. The third kappa shape index (κ3) is 4.55. The molecule has 0 saturated carbocycles. The smallest absolute Gasteiger partial charge is 0.324 e. The zero-order valence-corrected chi connectivity index (χ0v) is 15.2. The van der Waals surface area contributed by atoms with E-state index in [4.69, 9.17) is 0 Å². The van der Waals surface area contributed by atoms with E-state index in [-0.39, 0.29) is 36.9 Å². The van der Waals surface area contributed by atoms with Crippen LogP contribution in [0.3, 0.4) is 0 Å². The van der Waals surface area contributed by atoms with Crippen LogP contribution in [0.4, 0.5) is 10.5 Å². The highest BCUT2D eigenvalue weighted by Gasteiger charge is 2.28. The van der Waals surface area contributed by atoms with Gasteiger partial charge in [0.05, 0.1) is 13.1 Å². The number of nitrogens with zero attached hydrogens (tertiary/aromatic N) is 2. The quantitative estimate of drug-likeness (QED) is 0.324. The summed E-state index contributed by atoms with van der Waals surface area (Å²) < 4.78 is 0. The molecular formula is C18H24N6O3. The Labute approximate surface area is 157 Å². The molecule has 2 heterocycles. The number of anilines is 1. The van der Waals surface area contributed by atoms with Crippen LogP contribution >= 0.6 is 0 Å². The van der Waals surface area contributed by atoms with Crippen LogP contribution in [0, 0.1) is 0 Å². The number of fused-ring (bicyclic) bond motifs is 1. The minimum Gasteiger partial charge on any atom is -0.357 e. The normalized spacial score (nSPS) is 19.4. The molecule has 2 aliphatic heterocycles. The Balaban J connectivity index is 1.60. The van der Waals surface area contributed by atoms with Gasteiger partial charge in [-0.15, -0.1) is 0 Å². The minimum absolute atomic E-state index is 0.00887. The largest absolute Gasteiger partial charge is 0.357 e. The highest BCUT2D eigenvalue weighted by atomic mass is 16.2. The van der Waals surface area contributed by atoms with Crippen LogP contribution in [0.5, 0.6) is 0 Å². The molecule has 1 atom stereocenters. The third-order valence-corrected chi connectivity index (χ3v) is 4.49. The van der Waals surface area contributed by atoms with Gasteiger partial charge in [-0.25, -0.2) is 4.79 Å². The first-order valence-corrected chi connectivity index (χ1v) is 9.07. The lowest BCUT2D eigenvalue weighted by Crippen LogP contribution is -2.43. The van der Waals surface area contributed by atoms with Gasteiger partial charge in [0.25, 0.3) is 0 Å². The molecule has 0 aromatic heterocycles. The number of nitrogens with one attached hydrogen (secondary N) is 4. The van der Waals surface area contributed by atoms with Crippen molar-refractivity contribution in [3.8, 4) is 0 Å². The number of hydrogen-bond acceptors (Lipinski definition) is 4. The van der Waals surface area contributed by atoms with Crippen molar-refractivity contribution >= 4 is 29.5 Å². The number of para-hydroxylation sites is 1. The van der Waals surface area contributed by atoms with E-state index >= 15 is 0 Å². The highest BCUT2D eigenvalue weighted by molar-refractivity contribution is 6.02. The van der Waals surface area contributed by atoms with Gasteiger partial charge in [0.2, 0.25) is 11.8 Å². The molecule has 0 radical (unpaired) electrons. The number of aliphatic imine (C=N–C) groups is 1. The summed E-state index contributed by atoms with van der Waals surface area (Å²) in [4.78, 5) is 40.8. The number of carbonyl (C=O) groups is 3. The van der Waals surface area contributed by atoms with E-state index in [2.05, 4.69) is 26.3 Å². The van der Waals surface area contributed by atoms with Gasteiger partial charge in [-0.05, 0) is 18.6 Å². The summed E-state index contributed by atoms with van der Waals surface area (Å²) in [5, 5.41) is 11.6. The van der Waals surface area contributed by atoms with Crippen LogP contribution < -0.4 is 21.3 Å². The molecule has 0 spiro atoms. The predicted octanol–water partition coefficient (Wildman–Crippen LogP) is 0.219. The maximum absolute atomic E-state index is 11.9. The Bertz CT molecular complexity index is 747. The van der Waals surface area contributed by atoms with Crippen LogP contribution in [0.1, 0.15) is 24.8 Å². The van der Waals surface area contributed by atoms with E-state index in [1.165, 1.54) is 4.90 Å². The second kappa shape index (κ2) is 8.52. The number of urea groups is 1. The van der Waals surface area contributed by atoms with E-state index in [1.807, 2.05) is 31.2 Å². The van der Waals surface area contributed by atoms with Gasteiger partial charge < -0.3 is 21.3 Å². The highest BCUT2D eigenvalue weighted by Crippen LogP contribution is 2.31. The lowest BCUT2D eigenvalue weighted by atomic mass is 9.91. The van der Waals surface area contributed by atoms with E-state index < -0.39 is 0 Å².